The summed E-state index contributed by atoms with van der Waals surface area (Å²) in [5, 5.41) is 0. The summed E-state index contributed by atoms with van der Waals surface area (Å²) in [6, 6.07) is 6.15. The molecule has 0 saturated carbocycles. The molecule has 0 aliphatic carbocycles. The van der Waals surface area contributed by atoms with Crippen molar-refractivity contribution in [1.29, 1.82) is 0 Å². The van der Waals surface area contributed by atoms with E-state index in [-0.39, 0.29) is 17.2 Å². The first-order valence-corrected chi connectivity index (χ1v) is 7.17. The molecule has 0 aromatic heterocycles. The van der Waals surface area contributed by atoms with Gasteiger partial charge in [0, 0.05) is 26.2 Å². The van der Waals surface area contributed by atoms with E-state index in [1.807, 2.05) is 0 Å². The zero-order chi connectivity index (χ0) is 15.2. The molecule has 4 nitrogen and oxygen atoms in total. The van der Waals surface area contributed by atoms with Crippen LogP contribution in [0.3, 0.4) is 0 Å². The molecule has 2 rings (SSSR count). The maximum atomic E-state index is 12.4. The van der Waals surface area contributed by atoms with Crippen LogP contribution in [0.25, 0.3) is 0 Å². The average Bonchev–Trinajstić information content (AvgIpc) is 2.48. The molecule has 1 heterocycles. The van der Waals surface area contributed by atoms with Crippen molar-refractivity contribution in [3.05, 3.63) is 29.8 Å². The van der Waals surface area contributed by atoms with Crippen LogP contribution in [0.5, 0.6) is 5.75 Å². The van der Waals surface area contributed by atoms with Crippen molar-refractivity contribution >= 4 is 5.91 Å². The van der Waals surface area contributed by atoms with Gasteiger partial charge in [-0.25, -0.2) is 0 Å². The minimum Gasteiger partial charge on any atom is -0.434 e. The van der Waals surface area contributed by atoms with Gasteiger partial charge in [-0.1, -0.05) is 19.1 Å². The summed E-state index contributed by atoms with van der Waals surface area (Å²) in [6.07, 6.45) is 1.08. The first kappa shape index (κ1) is 15.7. The van der Waals surface area contributed by atoms with Gasteiger partial charge in [0.25, 0.3) is 5.91 Å². The Morgan fingerprint density at radius 2 is 1.90 bits per heavy atom. The van der Waals surface area contributed by atoms with Gasteiger partial charge in [-0.3, -0.25) is 9.69 Å². The van der Waals surface area contributed by atoms with Crippen molar-refractivity contribution in [3.8, 4) is 5.75 Å². The molecule has 1 fully saturated rings. The third kappa shape index (κ3) is 4.14. The molecule has 1 aliphatic heterocycles. The van der Waals surface area contributed by atoms with Crippen LogP contribution in [0.2, 0.25) is 0 Å². The van der Waals surface area contributed by atoms with Crippen LogP contribution in [0.4, 0.5) is 8.78 Å². The van der Waals surface area contributed by atoms with Gasteiger partial charge in [0.05, 0.1) is 5.56 Å². The average molecular weight is 298 g/mol. The summed E-state index contributed by atoms with van der Waals surface area (Å²) in [7, 11) is 0. The lowest BCUT2D eigenvalue weighted by atomic mass is 10.1. The van der Waals surface area contributed by atoms with E-state index in [1.165, 1.54) is 12.1 Å². The summed E-state index contributed by atoms with van der Waals surface area (Å²) < 4.78 is 29.2. The molecule has 1 aromatic rings. The number of ether oxygens (including phenoxy) is 1. The number of para-hydroxylation sites is 1. The molecule has 0 bridgehead atoms. The Labute approximate surface area is 123 Å². The molecule has 0 radical (unpaired) electrons. The van der Waals surface area contributed by atoms with Gasteiger partial charge in [0.1, 0.15) is 5.75 Å². The van der Waals surface area contributed by atoms with E-state index in [4.69, 9.17) is 0 Å². The van der Waals surface area contributed by atoms with E-state index in [1.54, 1.807) is 17.0 Å². The van der Waals surface area contributed by atoms with Gasteiger partial charge in [-0.2, -0.15) is 8.78 Å². The molecule has 0 atom stereocenters. The molecule has 0 N–H and O–H groups in total. The highest BCUT2D eigenvalue weighted by molar-refractivity contribution is 5.97. The first-order chi connectivity index (χ1) is 10.1. The fraction of sp³-hybridized carbons (Fsp3) is 0.533. The second-order valence-electron chi connectivity index (χ2n) is 5.01. The monoisotopic (exact) mass is 298 g/mol. The Hall–Kier alpha value is -1.69. The molecule has 1 aromatic carbocycles. The number of halogens is 2. The van der Waals surface area contributed by atoms with Crippen LogP contribution in [0.15, 0.2) is 24.3 Å². The molecule has 21 heavy (non-hydrogen) atoms. The first-order valence-electron chi connectivity index (χ1n) is 7.17. The highest BCUT2D eigenvalue weighted by atomic mass is 19.3. The van der Waals surface area contributed by atoms with Gasteiger partial charge in [-0.15, -0.1) is 0 Å². The molecule has 6 heteroatoms. The number of piperazine rings is 1. The van der Waals surface area contributed by atoms with Crippen molar-refractivity contribution < 1.29 is 18.3 Å². The van der Waals surface area contributed by atoms with Gasteiger partial charge in [-0.05, 0) is 25.1 Å². The second-order valence-corrected chi connectivity index (χ2v) is 5.01. The Balaban J connectivity index is 2.04. The number of alkyl halides is 2. The normalized spacial score (nSPS) is 16.3. The van der Waals surface area contributed by atoms with Gasteiger partial charge in [0.15, 0.2) is 0 Å². The third-order valence-electron chi connectivity index (χ3n) is 3.53. The lowest BCUT2D eigenvalue weighted by Gasteiger charge is -2.34. The Kier molecular flexibility index (Phi) is 5.50. The number of rotatable bonds is 5. The fourth-order valence-electron chi connectivity index (χ4n) is 2.50. The maximum absolute atomic E-state index is 12.4. The molecule has 1 saturated heterocycles. The van der Waals surface area contributed by atoms with Crippen LogP contribution in [0, 0.1) is 0 Å². The molecule has 1 aliphatic rings. The molecule has 0 unspecified atom stereocenters. The largest absolute Gasteiger partial charge is 0.434 e. The number of benzene rings is 1. The number of carbonyl (C=O) groups is 1. The van der Waals surface area contributed by atoms with Crippen molar-refractivity contribution in [2.24, 2.45) is 0 Å². The van der Waals surface area contributed by atoms with Crippen LogP contribution in [-0.2, 0) is 0 Å². The summed E-state index contributed by atoms with van der Waals surface area (Å²) >= 11 is 0. The fourth-order valence-corrected chi connectivity index (χ4v) is 2.50. The highest BCUT2D eigenvalue weighted by Gasteiger charge is 2.24. The third-order valence-corrected chi connectivity index (χ3v) is 3.53. The van der Waals surface area contributed by atoms with Gasteiger partial charge < -0.3 is 9.64 Å². The summed E-state index contributed by atoms with van der Waals surface area (Å²) in [5.41, 5.74) is 0.196. The molecular formula is C15H20F2N2O2. The quantitative estimate of drug-likeness (QED) is 0.837. The van der Waals surface area contributed by atoms with Crippen LogP contribution >= 0.6 is 0 Å². The predicted octanol–water partition coefficient (Wildman–Crippen LogP) is 2.46. The summed E-state index contributed by atoms with van der Waals surface area (Å²) in [4.78, 5) is 16.4. The van der Waals surface area contributed by atoms with Crippen molar-refractivity contribution in [2.45, 2.75) is 20.0 Å². The summed E-state index contributed by atoms with van der Waals surface area (Å²) in [5.74, 6) is -0.309. The van der Waals surface area contributed by atoms with E-state index >= 15 is 0 Å². The number of amides is 1. The van der Waals surface area contributed by atoms with Gasteiger partial charge >= 0.3 is 6.61 Å². The van der Waals surface area contributed by atoms with E-state index in [0.29, 0.717) is 13.1 Å². The minimum absolute atomic E-state index is 0.0616. The SMILES string of the molecule is CCCN1CCN(C(=O)c2ccccc2OC(F)F)CC1. The smallest absolute Gasteiger partial charge is 0.387 e. The molecule has 1 amide bonds. The lowest BCUT2D eigenvalue weighted by Crippen LogP contribution is -2.48. The minimum atomic E-state index is -2.93. The van der Waals surface area contributed by atoms with Crippen molar-refractivity contribution in [1.82, 2.24) is 9.80 Å². The maximum Gasteiger partial charge on any atom is 0.387 e. The van der Waals surface area contributed by atoms with E-state index in [0.717, 1.165) is 26.1 Å². The van der Waals surface area contributed by atoms with Crippen LogP contribution < -0.4 is 4.74 Å². The molecule has 116 valence electrons. The number of nitrogens with zero attached hydrogens (tertiary/aromatic N) is 2. The second kappa shape index (κ2) is 7.36. The lowest BCUT2D eigenvalue weighted by molar-refractivity contribution is -0.0503. The topological polar surface area (TPSA) is 32.8 Å². The van der Waals surface area contributed by atoms with Crippen molar-refractivity contribution in [2.75, 3.05) is 32.7 Å². The standard InChI is InChI=1S/C15H20F2N2O2/c1-2-7-18-8-10-19(11-9-18)14(20)12-5-3-4-6-13(12)21-15(16)17/h3-6,15H,2,7-11H2,1H3. The highest BCUT2D eigenvalue weighted by Crippen LogP contribution is 2.22. The summed E-state index contributed by atoms with van der Waals surface area (Å²) in [6.45, 7) is 3.07. The number of carbonyl (C=O) groups excluding carboxylic acids is 1. The van der Waals surface area contributed by atoms with E-state index < -0.39 is 6.61 Å². The van der Waals surface area contributed by atoms with E-state index in [2.05, 4.69) is 16.6 Å². The van der Waals surface area contributed by atoms with Crippen LogP contribution in [-0.4, -0.2) is 55.0 Å². The Morgan fingerprint density at radius 1 is 1.24 bits per heavy atom. The molecule has 0 spiro atoms. The zero-order valence-corrected chi connectivity index (χ0v) is 12.1. The van der Waals surface area contributed by atoms with Crippen LogP contribution in [0.1, 0.15) is 23.7 Å². The number of hydrogen-bond acceptors (Lipinski definition) is 3. The Bertz CT molecular complexity index is 474. The predicted molar refractivity (Wildman–Crippen MR) is 75.7 cm³/mol. The van der Waals surface area contributed by atoms with E-state index in [9.17, 15) is 13.6 Å². The molecular weight excluding hydrogens is 278 g/mol. The van der Waals surface area contributed by atoms with Crippen molar-refractivity contribution in [3.63, 3.8) is 0 Å². The van der Waals surface area contributed by atoms with Gasteiger partial charge in [0.2, 0.25) is 0 Å². The number of hydrogen-bond donors (Lipinski definition) is 0. The zero-order valence-electron chi connectivity index (χ0n) is 12.1. The Morgan fingerprint density at radius 3 is 2.52 bits per heavy atom.